The number of likely N-dealkylation sites (tertiary alicyclic amines) is 1. The van der Waals surface area contributed by atoms with Crippen LogP contribution < -0.4 is 5.73 Å². The minimum atomic E-state index is -0.346. The normalized spacial score (nSPS) is 19.7. The van der Waals surface area contributed by atoms with Gasteiger partial charge in [0.25, 0.3) is 0 Å². The van der Waals surface area contributed by atoms with Crippen molar-refractivity contribution in [2.24, 2.45) is 11.7 Å². The Morgan fingerprint density at radius 2 is 2.30 bits per heavy atom. The molecule has 3 nitrogen and oxygen atoms in total. The van der Waals surface area contributed by atoms with Gasteiger partial charge in [0.1, 0.15) is 10.8 Å². The van der Waals surface area contributed by atoms with Crippen molar-refractivity contribution in [2.45, 2.75) is 13.0 Å². The highest BCUT2D eigenvalue weighted by molar-refractivity contribution is 7.80. The summed E-state index contributed by atoms with van der Waals surface area (Å²) in [6.07, 6.45) is 1.25. The van der Waals surface area contributed by atoms with Gasteiger partial charge in [-0.3, -0.25) is 0 Å². The van der Waals surface area contributed by atoms with E-state index in [-0.39, 0.29) is 10.8 Å². The Hall–Kier alpha value is -1.04. The highest BCUT2D eigenvalue weighted by Gasteiger charge is 2.20. The standard InChI is InChI=1S/C15H22FN3S/c1-18-6-5-12(9-18)10-19(2)8-11-3-4-14(16)13(7-11)15(17)20/h3-4,7,12H,5-6,8-10H2,1-2H3,(H2,17,20). The topological polar surface area (TPSA) is 32.5 Å². The number of benzene rings is 1. The van der Waals surface area contributed by atoms with Crippen LogP contribution in [0.2, 0.25) is 0 Å². The molecule has 1 unspecified atom stereocenters. The summed E-state index contributed by atoms with van der Waals surface area (Å²) in [5.41, 5.74) is 6.92. The maximum absolute atomic E-state index is 13.5. The molecule has 20 heavy (non-hydrogen) atoms. The Labute approximate surface area is 125 Å². The average Bonchev–Trinajstić information content (AvgIpc) is 2.76. The zero-order chi connectivity index (χ0) is 14.7. The Balaban J connectivity index is 1.95. The van der Waals surface area contributed by atoms with Crippen LogP contribution in [0.1, 0.15) is 17.5 Å². The molecule has 2 rings (SSSR count). The minimum absolute atomic E-state index is 0.115. The van der Waals surface area contributed by atoms with Crippen LogP contribution in [-0.2, 0) is 6.54 Å². The molecular weight excluding hydrogens is 273 g/mol. The van der Waals surface area contributed by atoms with Gasteiger partial charge in [0.2, 0.25) is 0 Å². The van der Waals surface area contributed by atoms with E-state index in [1.807, 2.05) is 0 Å². The molecule has 1 aliphatic rings. The van der Waals surface area contributed by atoms with E-state index in [9.17, 15) is 4.39 Å². The molecule has 0 aromatic heterocycles. The van der Waals surface area contributed by atoms with Crippen LogP contribution in [0, 0.1) is 11.7 Å². The number of thiocarbonyl (C=S) groups is 1. The second-order valence-electron chi connectivity index (χ2n) is 5.79. The molecule has 110 valence electrons. The van der Waals surface area contributed by atoms with Crippen LogP contribution in [0.15, 0.2) is 18.2 Å². The molecule has 0 spiro atoms. The summed E-state index contributed by atoms with van der Waals surface area (Å²) in [6, 6.07) is 5.00. The molecule has 0 amide bonds. The van der Waals surface area contributed by atoms with Crippen molar-refractivity contribution in [2.75, 3.05) is 33.7 Å². The van der Waals surface area contributed by atoms with E-state index in [4.69, 9.17) is 18.0 Å². The average molecular weight is 295 g/mol. The quantitative estimate of drug-likeness (QED) is 0.840. The second-order valence-corrected chi connectivity index (χ2v) is 6.23. The molecule has 1 aliphatic heterocycles. The molecule has 1 heterocycles. The fourth-order valence-electron chi connectivity index (χ4n) is 2.85. The summed E-state index contributed by atoms with van der Waals surface area (Å²) >= 11 is 4.87. The molecular formula is C15H22FN3S. The fourth-order valence-corrected chi connectivity index (χ4v) is 3.01. The Morgan fingerprint density at radius 1 is 1.55 bits per heavy atom. The molecule has 0 saturated carbocycles. The van der Waals surface area contributed by atoms with E-state index in [0.717, 1.165) is 31.1 Å². The summed E-state index contributed by atoms with van der Waals surface area (Å²) in [7, 11) is 4.26. The zero-order valence-corrected chi connectivity index (χ0v) is 12.9. The Kier molecular flexibility index (Phi) is 5.07. The minimum Gasteiger partial charge on any atom is -0.389 e. The summed E-state index contributed by atoms with van der Waals surface area (Å²) < 4.78 is 13.5. The highest BCUT2D eigenvalue weighted by atomic mass is 32.1. The predicted molar refractivity (Wildman–Crippen MR) is 84.2 cm³/mol. The summed E-state index contributed by atoms with van der Waals surface area (Å²) in [5, 5.41) is 0. The van der Waals surface area contributed by atoms with Gasteiger partial charge in [-0.15, -0.1) is 0 Å². The van der Waals surface area contributed by atoms with Crippen molar-refractivity contribution < 1.29 is 4.39 Å². The SMILES string of the molecule is CN1CCC(CN(C)Cc2ccc(F)c(C(N)=S)c2)C1. The molecule has 1 saturated heterocycles. The summed E-state index contributed by atoms with van der Waals surface area (Å²) in [4.78, 5) is 4.76. The second kappa shape index (κ2) is 6.61. The van der Waals surface area contributed by atoms with Crippen LogP contribution in [0.5, 0.6) is 0 Å². The first kappa shape index (κ1) is 15.4. The van der Waals surface area contributed by atoms with Crippen molar-refractivity contribution in [3.8, 4) is 0 Å². The van der Waals surface area contributed by atoms with Gasteiger partial charge in [0.05, 0.1) is 0 Å². The van der Waals surface area contributed by atoms with Crippen molar-refractivity contribution >= 4 is 17.2 Å². The van der Waals surface area contributed by atoms with E-state index in [0.29, 0.717) is 5.56 Å². The van der Waals surface area contributed by atoms with Crippen LogP contribution in [-0.4, -0.2) is 48.5 Å². The van der Waals surface area contributed by atoms with Gasteiger partial charge in [0.15, 0.2) is 0 Å². The largest absolute Gasteiger partial charge is 0.389 e. The van der Waals surface area contributed by atoms with Crippen molar-refractivity contribution in [1.29, 1.82) is 0 Å². The van der Waals surface area contributed by atoms with Gasteiger partial charge < -0.3 is 15.5 Å². The van der Waals surface area contributed by atoms with Crippen LogP contribution >= 0.6 is 12.2 Å². The molecule has 0 radical (unpaired) electrons. The van der Waals surface area contributed by atoms with Crippen molar-refractivity contribution in [3.05, 3.63) is 35.1 Å². The van der Waals surface area contributed by atoms with Crippen LogP contribution in [0.4, 0.5) is 4.39 Å². The molecule has 1 fully saturated rings. The number of nitrogens with two attached hydrogens (primary N) is 1. The van der Waals surface area contributed by atoms with Gasteiger partial charge in [-0.2, -0.15) is 0 Å². The van der Waals surface area contributed by atoms with Gasteiger partial charge in [-0.05, 0) is 50.7 Å². The maximum Gasteiger partial charge on any atom is 0.133 e. The summed E-state index contributed by atoms with van der Waals surface area (Å²) in [5.74, 6) is 0.377. The fraction of sp³-hybridized carbons (Fsp3) is 0.533. The van der Waals surface area contributed by atoms with Gasteiger partial charge in [-0.25, -0.2) is 4.39 Å². The van der Waals surface area contributed by atoms with Gasteiger partial charge in [0, 0.05) is 25.2 Å². The molecule has 1 aromatic rings. The third-order valence-corrected chi connectivity index (χ3v) is 4.03. The summed E-state index contributed by atoms with van der Waals surface area (Å²) in [6.45, 7) is 4.19. The lowest BCUT2D eigenvalue weighted by Gasteiger charge is -2.21. The van der Waals surface area contributed by atoms with E-state index in [1.54, 1.807) is 12.1 Å². The molecule has 0 bridgehead atoms. The highest BCUT2D eigenvalue weighted by Crippen LogP contribution is 2.17. The number of hydrogen-bond acceptors (Lipinski definition) is 3. The third kappa shape index (κ3) is 3.98. The number of hydrogen-bond donors (Lipinski definition) is 1. The maximum atomic E-state index is 13.5. The van der Waals surface area contributed by atoms with Crippen LogP contribution in [0.3, 0.4) is 0 Å². The van der Waals surface area contributed by atoms with E-state index < -0.39 is 0 Å². The molecule has 1 aromatic carbocycles. The third-order valence-electron chi connectivity index (χ3n) is 3.81. The van der Waals surface area contributed by atoms with Crippen molar-refractivity contribution in [3.63, 3.8) is 0 Å². The lowest BCUT2D eigenvalue weighted by molar-refractivity contribution is 0.267. The van der Waals surface area contributed by atoms with E-state index in [2.05, 4.69) is 23.9 Å². The van der Waals surface area contributed by atoms with Gasteiger partial charge in [-0.1, -0.05) is 18.3 Å². The number of nitrogens with zero attached hydrogens (tertiary/aromatic N) is 2. The van der Waals surface area contributed by atoms with E-state index in [1.165, 1.54) is 19.0 Å². The molecule has 5 heteroatoms. The Morgan fingerprint density at radius 3 is 2.90 bits per heavy atom. The molecule has 1 atom stereocenters. The van der Waals surface area contributed by atoms with Crippen molar-refractivity contribution in [1.82, 2.24) is 9.80 Å². The first-order chi connectivity index (χ1) is 9.45. The molecule has 2 N–H and O–H groups in total. The zero-order valence-electron chi connectivity index (χ0n) is 12.1. The van der Waals surface area contributed by atoms with Gasteiger partial charge >= 0.3 is 0 Å². The predicted octanol–water partition coefficient (Wildman–Crippen LogP) is 1.84. The lowest BCUT2D eigenvalue weighted by Crippen LogP contribution is -2.27. The first-order valence-corrected chi connectivity index (χ1v) is 7.32. The monoisotopic (exact) mass is 295 g/mol. The smallest absolute Gasteiger partial charge is 0.133 e. The van der Waals surface area contributed by atoms with E-state index >= 15 is 0 Å². The lowest BCUT2D eigenvalue weighted by atomic mass is 10.1. The molecule has 0 aliphatic carbocycles. The number of halogens is 1. The van der Waals surface area contributed by atoms with Crippen LogP contribution in [0.25, 0.3) is 0 Å². The Bertz CT molecular complexity index is 492. The number of rotatable bonds is 5. The first-order valence-electron chi connectivity index (χ1n) is 6.91.